The number of thiol groups is 1. The molecule has 0 aromatic carbocycles. The third-order valence-corrected chi connectivity index (χ3v) is 53.9. The quantitative estimate of drug-likeness (QED) is 0.0148. The van der Waals surface area contributed by atoms with Gasteiger partial charge in [-0.15, -0.1) is 44.6 Å². The van der Waals surface area contributed by atoms with Crippen LogP contribution < -0.4 is 62.0 Å². The summed E-state index contributed by atoms with van der Waals surface area (Å²) in [6, 6.07) is 14.7. The minimum atomic E-state index is -0.211. The minimum Gasteiger partial charge on any atom is -0.813 e. The SMILES string of the molecule is Brc1ccc2oc(N3CCOCC3)nc2n1.CCOC(C)=O.CCO[C-]=S.CSc1nc2nc(Br)ccc2o1.Nc1nc(Br)ccc1O.PPP(P(P)P)P(P)P.S=c1[nH]c2nc(Br)ccc2o1.[K+].[SH-]. The molecular weight excluding hydrogens is 1440 g/mol. The number of esters is 1. The number of ether oxygens (including phenoxy) is 3. The van der Waals surface area contributed by atoms with Crippen molar-refractivity contribution in [1.82, 2.24) is 34.9 Å². The van der Waals surface area contributed by atoms with Gasteiger partial charge in [0.1, 0.15) is 18.4 Å². The first kappa shape index (κ1) is 72.1. The van der Waals surface area contributed by atoms with E-state index in [1.807, 2.05) is 37.4 Å². The van der Waals surface area contributed by atoms with Crippen molar-refractivity contribution in [3.05, 3.63) is 71.8 Å². The van der Waals surface area contributed by atoms with Gasteiger partial charge in [0.2, 0.25) is 11.3 Å². The number of hydrogen-bond acceptors (Lipinski definition) is 20. The van der Waals surface area contributed by atoms with Crippen molar-refractivity contribution in [2.75, 3.05) is 56.4 Å². The molecule has 1 aliphatic rings. The Balaban J connectivity index is 0.000000814. The summed E-state index contributed by atoms with van der Waals surface area (Å²) in [5.74, 6) is -0.0555. The van der Waals surface area contributed by atoms with Gasteiger partial charge in [-0.25, -0.2) is 25.5 Å². The number of nitrogens with one attached hydrogen (secondary N) is 1. The number of aromatic amines is 1. The van der Waals surface area contributed by atoms with Gasteiger partial charge in [-0.3, -0.25) is 9.78 Å². The monoisotopic (exact) mass is 1480 g/mol. The summed E-state index contributed by atoms with van der Waals surface area (Å²) in [6.45, 7) is 9.85. The summed E-state index contributed by atoms with van der Waals surface area (Å²) >= 11 is 23.3. The van der Waals surface area contributed by atoms with Gasteiger partial charge in [-0.2, -0.15) is 9.97 Å². The summed E-state index contributed by atoms with van der Waals surface area (Å²) in [4.78, 5) is 39.8. The molecule has 0 spiro atoms. The Kier molecular flexibility index (Phi) is 42.4. The molecule has 17 nitrogen and oxygen atoms in total. The Bertz CT molecular complexity index is 2660. The molecule has 380 valence electrons. The maximum absolute atomic E-state index is 9.82. The van der Waals surface area contributed by atoms with Crippen LogP contribution in [0.4, 0.5) is 11.8 Å². The fourth-order valence-corrected chi connectivity index (χ4v) is 67.3. The average molecular weight is 1490 g/mol. The first-order chi connectivity index (χ1) is 32.3. The van der Waals surface area contributed by atoms with E-state index >= 15 is 0 Å². The first-order valence-corrected chi connectivity index (χ1v) is 39.6. The second-order valence-electron chi connectivity index (χ2n) is 11.8. The second-order valence-corrected chi connectivity index (χ2v) is 47.0. The van der Waals surface area contributed by atoms with Gasteiger partial charge in [-0.1, -0.05) is 19.7 Å². The summed E-state index contributed by atoms with van der Waals surface area (Å²) in [7, 11) is 15.6. The summed E-state index contributed by atoms with van der Waals surface area (Å²) in [5.41, 5.74) is 11.4. The van der Waals surface area contributed by atoms with E-state index in [4.69, 9.17) is 41.0 Å². The van der Waals surface area contributed by atoms with Crippen molar-refractivity contribution in [3.8, 4) is 5.75 Å². The number of fused-ring (bicyclic) bond motifs is 3. The van der Waals surface area contributed by atoms with Crippen molar-refractivity contribution >= 4 is 244 Å². The van der Waals surface area contributed by atoms with E-state index in [9.17, 15) is 4.79 Å². The second kappa shape index (κ2) is 41.2. The molecule has 6 atom stereocenters. The molecule has 7 aromatic rings. The fourth-order valence-electron chi connectivity index (χ4n) is 4.31. The zero-order valence-electron chi connectivity index (χ0n) is 37.8. The van der Waals surface area contributed by atoms with Crippen LogP contribution in [0.2, 0.25) is 0 Å². The van der Waals surface area contributed by atoms with Gasteiger partial charge < -0.3 is 68.9 Å². The molecule has 1 saturated heterocycles. The van der Waals surface area contributed by atoms with Crippen LogP contribution in [0, 0.1) is 4.84 Å². The molecule has 4 N–H and O–H groups in total. The predicted molar refractivity (Wildman–Crippen MR) is 332 cm³/mol. The molecule has 1 aliphatic heterocycles. The van der Waals surface area contributed by atoms with Gasteiger partial charge in [0, 0.05) is 26.6 Å². The zero-order chi connectivity index (χ0) is 50.8. The standard InChI is InChI=1S/C10H10BrN3O2.C7H5BrN2OS.C6H3BrN2OS.C5H5BrN2O.C4H8O2.C3H5OS.K.H11P9.H2S/c11-8-2-1-7-9(12-8)13-10(16-7)14-3-5-15-6-4-14;1-12-7-10-6-4(11-7)2-3-5(8)9-6;7-4-2-1-3-5(8-4)9-6(11)10-3;6-4-2-1-3(9)5(7)8-4;1-3-6-4(2)5;1-2-4-3-5;;1-6-9(7(2)3)8(4)5;/h1-2H,3-6H2;2-3H,1H3;1-2H,(H,8,9,11);1-2,9H,(H2,7,8);3H2,1-2H3;2H2,1H3;;6H,1-5H2;1H2/q;;;;;-1;+1;;/p-1. The van der Waals surface area contributed by atoms with Gasteiger partial charge in [0.15, 0.2) is 34.0 Å². The number of rotatable bonds is 8. The number of carbonyl (C=O) groups excluding carboxylic acids is 1. The van der Waals surface area contributed by atoms with Crippen molar-refractivity contribution < 1.29 is 88.7 Å². The average Bonchev–Trinajstić information content (AvgIpc) is 4.02. The third kappa shape index (κ3) is 29.2. The van der Waals surface area contributed by atoms with E-state index in [-0.39, 0.29) is 96.4 Å². The van der Waals surface area contributed by atoms with Crippen molar-refractivity contribution in [2.24, 2.45) is 0 Å². The van der Waals surface area contributed by atoms with E-state index in [0.717, 1.165) is 53.7 Å². The summed E-state index contributed by atoms with van der Waals surface area (Å²) < 4.78 is 33.1. The Morgan fingerprint density at radius 3 is 1.80 bits per heavy atom. The molecule has 7 aromatic heterocycles. The topological polar surface area (TPSA) is 227 Å². The Hall–Kier alpha value is 2.08. The van der Waals surface area contributed by atoms with Gasteiger partial charge in [0.05, 0.1) is 19.8 Å². The number of oxazole rings is 3. The molecule has 0 aliphatic carbocycles. The molecule has 0 radical (unpaired) electrons. The van der Waals surface area contributed by atoms with Crippen LogP contribution in [0.3, 0.4) is 0 Å². The van der Waals surface area contributed by atoms with E-state index in [1.165, 1.54) is 24.8 Å². The molecule has 8 heterocycles. The maximum atomic E-state index is 9.82. The molecular formula is C35H48Br4KN9O8P9S4-. The number of morpholine rings is 1. The molecule has 0 bridgehead atoms. The number of aromatic hydroxyl groups is 1. The Labute approximate surface area is 520 Å². The number of aromatic nitrogens is 7. The van der Waals surface area contributed by atoms with E-state index in [0.29, 0.717) is 69.0 Å². The number of nitrogen functional groups attached to an aromatic ring is 1. The summed E-state index contributed by atoms with van der Waals surface area (Å²) in [6.07, 6.45) is 1.92. The molecule has 70 heavy (non-hydrogen) atoms. The van der Waals surface area contributed by atoms with Crippen LogP contribution in [0.15, 0.2) is 85.4 Å². The van der Waals surface area contributed by atoms with Crippen LogP contribution in [0.25, 0.3) is 33.7 Å². The number of pyridine rings is 4. The third-order valence-electron chi connectivity index (χ3n) is 7.08. The van der Waals surface area contributed by atoms with Crippen molar-refractivity contribution in [2.45, 2.75) is 26.0 Å². The zero-order valence-corrected chi connectivity index (χ0v) is 60.1. The van der Waals surface area contributed by atoms with Crippen LogP contribution in [-0.4, -0.2) is 97.3 Å². The minimum absolute atomic E-state index is 0. The number of nitrogens with zero attached hydrogens (tertiary/aromatic N) is 7. The van der Waals surface area contributed by atoms with Crippen molar-refractivity contribution in [3.63, 3.8) is 0 Å². The number of H-pyrrole nitrogens is 1. The largest absolute Gasteiger partial charge is 1.00 e. The molecule has 6 unspecified atom stereocenters. The van der Waals surface area contributed by atoms with Crippen LogP contribution in [0.5, 0.6) is 5.75 Å². The van der Waals surface area contributed by atoms with Crippen LogP contribution in [-0.2, 0) is 32.5 Å². The molecule has 1 fully saturated rings. The maximum Gasteiger partial charge on any atom is 1.00 e. The summed E-state index contributed by atoms with van der Waals surface area (Å²) in [5, 5.41) is 9.48. The van der Waals surface area contributed by atoms with Crippen LogP contribution in [0.1, 0.15) is 20.8 Å². The Morgan fingerprint density at radius 2 is 1.37 bits per heavy atom. The smallest absolute Gasteiger partial charge is 0.813 e. The predicted octanol–water partition coefficient (Wildman–Crippen LogP) is 11.3. The first-order valence-electron chi connectivity index (χ1n) is 18.8. The number of carbonyl (C=O) groups is 1. The molecule has 35 heteroatoms. The molecule has 0 amide bonds. The van der Waals surface area contributed by atoms with Gasteiger partial charge >= 0.3 is 57.4 Å². The Morgan fingerprint density at radius 1 is 0.857 bits per heavy atom. The number of anilines is 2. The van der Waals surface area contributed by atoms with Crippen molar-refractivity contribution in [1.29, 1.82) is 0 Å². The molecule has 0 saturated carbocycles. The fraction of sp³-hybridized carbons (Fsp3) is 0.286. The molecule has 8 rings (SSSR count). The van der Waals surface area contributed by atoms with Crippen LogP contribution >= 0.6 is 173 Å². The van der Waals surface area contributed by atoms with Gasteiger partial charge in [-0.05, 0) is 166 Å². The van der Waals surface area contributed by atoms with E-state index in [2.05, 4.69) is 175 Å². The number of nitrogens with two attached hydrogens (primary N) is 1. The van der Waals surface area contributed by atoms with E-state index in [1.54, 1.807) is 25.1 Å². The van der Waals surface area contributed by atoms with E-state index < -0.39 is 0 Å². The number of thiocarbonyl (C=S) groups is 1. The number of thioether (sulfide) groups is 1. The number of halogens is 4. The normalized spacial score (nSPS) is 11.5. The van der Waals surface area contributed by atoms with Gasteiger partial charge in [0.25, 0.3) is 16.1 Å². The number of hydrogen-bond donors (Lipinski definition) is 3.